The number of carbonyl (C=O) groups is 1. The molecule has 1 N–H and O–H groups in total. The molecule has 1 amide bonds. The van der Waals surface area contributed by atoms with Crippen molar-refractivity contribution in [3.8, 4) is 0 Å². The zero-order valence-corrected chi connectivity index (χ0v) is 12.8. The number of hydrogen-bond acceptors (Lipinski definition) is 4. The molecule has 0 radical (unpaired) electrons. The summed E-state index contributed by atoms with van der Waals surface area (Å²) in [6, 6.07) is 7.43. The Morgan fingerprint density at radius 2 is 2.05 bits per heavy atom. The molecular formula is C15H17NO4S. The van der Waals surface area contributed by atoms with Crippen molar-refractivity contribution < 1.29 is 17.6 Å². The summed E-state index contributed by atoms with van der Waals surface area (Å²) in [6.07, 6.45) is 0.431. The fourth-order valence-corrected chi connectivity index (χ4v) is 4.92. The number of amides is 1. The van der Waals surface area contributed by atoms with Gasteiger partial charge in [0.15, 0.2) is 15.6 Å². The second kappa shape index (κ2) is 4.59. The SMILES string of the molecule is Cc1c(C(=O)NC2(C)CCS(=O)(=O)C2)oc2ccccc12. The van der Waals surface area contributed by atoms with Crippen molar-refractivity contribution in [1.29, 1.82) is 0 Å². The molecule has 1 aromatic carbocycles. The molecule has 1 aliphatic heterocycles. The van der Waals surface area contributed by atoms with Crippen LogP contribution in [0.3, 0.4) is 0 Å². The van der Waals surface area contributed by atoms with Crippen molar-refractivity contribution in [2.45, 2.75) is 25.8 Å². The Kier molecular flexibility index (Phi) is 3.09. The van der Waals surface area contributed by atoms with Crippen LogP contribution in [0.2, 0.25) is 0 Å². The Morgan fingerprint density at radius 1 is 1.33 bits per heavy atom. The standard InChI is InChI=1S/C15H17NO4S/c1-10-11-5-3-4-6-12(11)20-13(10)14(17)16-15(2)7-8-21(18,19)9-15/h3-6H,7-9H2,1-2H3,(H,16,17). The summed E-state index contributed by atoms with van der Waals surface area (Å²) >= 11 is 0. The quantitative estimate of drug-likeness (QED) is 0.921. The highest BCUT2D eigenvalue weighted by Gasteiger charge is 2.40. The number of furan rings is 1. The van der Waals surface area contributed by atoms with E-state index in [9.17, 15) is 13.2 Å². The Hall–Kier alpha value is -1.82. The molecule has 1 aliphatic rings. The molecule has 1 atom stereocenters. The van der Waals surface area contributed by atoms with E-state index in [0.717, 1.165) is 10.9 Å². The van der Waals surface area contributed by atoms with E-state index < -0.39 is 15.4 Å². The van der Waals surface area contributed by atoms with Gasteiger partial charge >= 0.3 is 0 Å². The number of nitrogens with one attached hydrogen (secondary N) is 1. The smallest absolute Gasteiger partial charge is 0.287 e. The van der Waals surface area contributed by atoms with Crippen molar-refractivity contribution >= 4 is 26.7 Å². The van der Waals surface area contributed by atoms with Gasteiger partial charge < -0.3 is 9.73 Å². The molecule has 21 heavy (non-hydrogen) atoms. The minimum atomic E-state index is -3.06. The molecule has 1 unspecified atom stereocenters. The van der Waals surface area contributed by atoms with E-state index in [0.29, 0.717) is 12.0 Å². The Bertz CT molecular complexity index is 821. The van der Waals surface area contributed by atoms with Crippen LogP contribution in [0.1, 0.15) is 29.5 Å². The highest BCUT2D eigenvalue weighted by Crippen LogP contribution is 2.27. The van der Waals surface area contributed by atoms with Crippen LogP contribution >= 0.6 is 0 Å². The predicted molar refractivity (Wildman–Crippen MR) is 80.1 cm³/mol. The number of rotatable bonds is 2. The molecule has 6 heteroatoms. The molecule has 0 aliphatic carbocycles. The van der Waals surface area contributed by atoms with Crippen LogP contribution in [0.25, 0.3) is 11.0 Å². The first-order valence-electron chi connectivity index (χ1n) is 6.81. The van der Waals surface area contributed by atoms with E-state index in [1.165, 1.54) is 0 Å². The molecule has 1 saturated heterocycles. The molecule has 0 saturated carbocycles. The first-order valence-corrected chi connectivity index (χ1v) is 8.63. The molecule has 5 nitrogen and oxygen atoms in total. The molecule has 112 valence electrons. The van der Waals surface area contributed by atoms with Crippen molar-refractivity contribution in [1.82, 2.24) is 5.32 Å². The second-order valence-corrected chi connectivity index (χ2v) is 8.09. The van der Waals surface area contributed by atoms with Crippen LogP contribution in [0.5, 0.6) is 0 Å². The van der Waals surface area contributed by atoms with E-state index >= 15 is 0 Å². The maximum Gasteiger partial charge on any atom is 0.287 e. The number of benzene rings is 1. The molecule has 2 heterocycles. The topological polar surface area (TPSA) is 76.4 Å². The fourth-order valence-electron chi connectivity index (χ4n) is 2.83. The van der Waals surface area contributed by atoms with Crippen LogP contribution in [-0.2, 0) is 9.84 Å². The summed E-state index contributed by atoms with van der Waals surface area (Å²) in [5.74, 6) is -0.0153. The van der Waals surface area contributed by atoms with Crippen LogP contribution in [0, 0.1) is 6.92 Å². The van der Waals surface area contributed by atoms with Gasteiger partial charge in [0, 0.05) is 10.9 Å². The van der Waals surface area contributed by atoms with E-state index in [1.807, 2.05) is 25.1 Å². The number of sulfone groups is 1. The van der Waals surface area contributed by atoms with E-state index in [1.54, 1.807) is 13.0 Å². The van der Waals surface area contributed by atoms with Crippen LogP contribution in [0.4, 0.5) is 0 Å². The largest absolute Gasteiger partial charge is 0.451 e. The number of para-hydroxylation sites is 1. The lowest BCUT2D eigenvalue weighted by atomic mass is 10.0. The third-order valence-corrected chi connectivity index (χ3v) is 5.87. The number of carbonyl (C=O) groups excluding carboxylic acids is 1. The summed E-state index contributed by atoms with van der Waals surface area (Å²) < 4.78 is 28.8. The molecule has 1 fully saturated rings. The van der Waals surface area contributed by atoms with E-state index in [2.05, 4.69) is 5.32 Å². The number of fused-ring (bicyclic) bond motifs is 1. The summed E-state index contributed by atoms with van der Waals surface area (Å²) in [5, 5.41) is 3.71. The number of aryl methyl sites for hydroxylation is 1. The number of hydrogen-bond donors (Lipinski definition) is 1. The lowest BCUT2D eigenvalue weighted by molar-refractivity contribution is 0.0888. The maximum absolute atomic E-state index is 12.4. The van der Waals surface area contributed by atoms with E-state index in [4.69, 9.17) is 4.42 Å². The molecule has 2 aromatic rings. The van der Waals surface area contributed by atoms with Gasteiger partial charge in [-0.3, -0.25) is 4.79 Å². The normalized spacial score (nSPS) is 24.3. The van der Waals surface area contributed by atoms with Crippen LogP contribution in [-0.4, -0.2) is 31.4 Å². The van der Waals surface area contributed by atoms with Crippen molar-refractivity contribution in [2.24, 2.45) is 0 Å². The lowest BCUT2D eigenvalue weighted by Gasteiger charge is -2.23. The van der Waals surface area contributed by atoms with E-state index in [-0.39, 0.29) is 23.2 Å². The van der Waals surface area contributed by atoms with Crippen molar-refractivity contribution in [3.05, 3.63) is 35.6 Å². The first-order chi connectivity index (χ1) is 9.80. The van der Waals surface area contributed by atoms with Gasteiger partial charge in [0.2, 0.25) is 0 Å². The predicted octanol–water partition coefficient (Wildman–Crippen LogP) is 2.05. The van der Waals surface area contributed by atoms with Gasteiger partial charge in [0.25, 0.3) is 5.91 Å². The Labute approximate surface area is 123 Å². The first kappa shape index (κ1) is 14.1. The average molecular weight is 307 g/mol. The van der Waals surface area contributed by atoms with Crippen molar-refractivity contribution in [2.75, 3.05) is 11.5 Å². The molecular weight excluding hydrogens is 290 g/mol. The summed E-state index contributed by atoms with van der Waals surface area (Å²) in [5.41, 5.74) is 0.707. The lowest BCUT2D eigenvalue weighted by Crippen LogP contribution is -2.47. The zero-order chi connectivity index (χ0) is 15.3. The molecule has 0 spiro atoms. The minimum absolute atomic E-state index is 0.0228. The highest BCUT2D eigenvalue weighted by atomic mass is 32.2. The van der Waals surface area contributed by atoms with Gasteiger partial charge in [-0.2, -0.15) is 0 Å². The zero-order valence-electron chi connectivity index (χ0n) is 12.0. The summed E-state index contributed by atoms with van der Waals surface area (Å²) in [6.45, 7) is 3.59. The summed E-state index contributed by atoms with van der Waals surface area (Å²) in [4.78, 5) is 12.4. The second-order valence-electron chi connectivity index (χ2n) is 5.91. The van der Waals surface area contributed by atoms with Gasteiger partial charge in [-0.1, -0.05) is 18.2 Å². The van der Waals surface area contributed by atoms with Gasteiger partial charge in [-0.05, 0) is 26.3 Å². The monoisotopic (exact) mass is 307 g/mol. The Balaban J connectivity index is 1.90. The molecule has 0 bridgehead atoms. The third-order valence-electron chi connectivity index (χ3n) is 3.97. The Morgan fingerprint density at radius 3 is 2.67 bits per heavy atom. The van der Waals surface area contributed by atoms with Crippen molar-refractivity contribution in [3.63, 3.8) is 0 Å². The summed E-state index contributed by atoms with van der Waals surface area (Å²) in [7, 11) is -3.06. The average Bonchev–Trinajstić information content (AvgIpc) is 2.88. The highest BCUT2D eigenvalue weighted by molar-refractivity contribution is 7.91. The fraction of sp³-hybridized carbons (Fsp3) is 0.400. The van der Waals surface area contributed by atoms with Crippen LogP contribution < -0.4 is 5.32 Å². The third kappa shape index (κ3) is 2.55. The van der Waals surface area contributed by atoms with Crippen LogP contribution in [0.15, 0.2) is 28.7 Å². The maximum atomic E-state index is 12.4. The minimum Gasteiger partial charge on any atom is -0.451 e. The van der Waals surface area contributed by atoms with Gasteiger partial charge in [-0.15, -0.1) is 0 Å². The molecule has 3 rings (SSSR count). The van der Waals surface area contributed by atoms with Gasteiger partial charge in [-0.25, -0.2) is 8.42 Å². The van der Waals surface area contributed by atoms with Gasteiger partial charge in [0.1, 0.15) is 5.58 Å². The molecule has 1 aromatic heterocycles. The van der Waals surface area contributed by atoms with Gasteiger partial charge in [0.05, 0.1) is 17.0 Å².